The largest absolute Gasteiger partial charge is 0.372 e. The zero-order valence-corrected chi connectivity index (χ0v) is 16.4. The lowest BCUT2D eigenvalue weighted by Crippen LogP contribution is -2.36. The normalized spacial score (nSPS) is 11.2. The van der Waals surface area contributed by atoms with Gasteiger partial charge in [0.05, 0.1) is 0 Å². The number of halogens is 1. The Morgan fingerprint density at radius 2 is 1.40 bits per heavy atom. The Labute approximate surface area is 160 Å². The molecule has 0 bridgehead atoms. The van der Waals surface area contributed by atoms with Crippen molar-refractivity contribution in [1.82, 2.24) is 4.90 Å². The zero-order chi connectivity index (χ0) is 17.4. The molecule has 0 unspecified atom stereocenters. The van der Waals surface area contributed by atoms with Crippen LogP contribution in [0.2, 0.25) is 0 Å². The summed E-state index contributed by atoms with van der Waals surface area (Å²) >= 11 is 1.20. The van der Waals surface area contributed by atoms with Gasteiger partial charge in [-0.1, -0.05) is 86.3 Å². The summed E-state index contributed by atoms with van der Waals surface area (Å²) < 4.78 is 0. The molecule has 0 aliphatic rings. The highest BCUT2D eigenvalue weighted by atomic mass is 35.5. The Morgan fingerprint density at radius 3 is 1.80 bits per heavy atom. The molecule has 2 aromatic rings. The quantitative estimate of drug-likeness (QED) is 0.754. The molecule has 0 saturated carbocycles. The van der Waals surface area contributed by atoms with E-state index in [2.05, 4.69) is 18.7 Å². The first-order valence-electron chi connectivity index (χ1n) is 8.35. The van der Waals surface area contributed by atoms with Gasteiger partial charge in [-0.05, 0) is 24.2 Å². The lowest BCUT2D eigenvalue weighted by Gasteiger charge is -2.27. The summed E-state index contributed by atoms with van der Waals surface area (Å²) in [5.74, 6) is 0.669. The maximum Gasteiger partial charge on any atom is 0.229 e. The molecule has 0 aliphatic heterocycles. The maximum absolute atomic E-state index is 12.9. The van der Waals surface area contributed by atoms with Crippen molar-refractivity contribution < 1.29 is 9.90 Å². The van der Waals surface area contributed by atoms with Crippen LogP contribution in [-0.4, -0.2) is 40.5 Å². The number of hydrogen-bond acceptors (Lipinski definition) is 4. The maximum atomic E-state index is 12.9. The SMILES string of the molecule is CCN(CC)CCSC(=O)C(O)(c1ccccc1)c1ccccc1.Cl. The van der Waals surface area contributed by atoms with E-state index in [-0.39, 0.29) is 17.5 Å². The molecule has 136 valence electrons. The molecule has 0 atom stereocenters. The second kappa shape index (κ2) is 10.6. The summed E-state index contributed by atoms with van der Waals surface area (Å²) in [5.41, 5.74) is -0.399. The number of rotatable bonds is 8. The molecule has 0 amide bonds. The minimum absolute atomic E-state index is 0. The fraction of sp³-hybridized carbons (Fsp3) is 0.350. The Hall–Kier alpha value is -1.33. The lowest BCUT2D eigenvalue weighted by molar-refractivity contribution is -0.124. The molecule has 0 heterocycles. The van der Waals surface area contributed by atoms with Crippen LogP contribution in [-0.2, 0) is 10.4 Å². The number of hydrogen-bond donors (Lipinski definition) is 1. The summed E-state index contributed by atoms with van der Waals surface area (Å²) in [6.07, 6.45) is 0. The topological polar surface area (TPSA) is 40.5 Å². The minimum atomic E-state index is -1.61. The molecule has 1 N–H and O–H groups in total. The van der Waals surface area contributed by atoms with Gasteiger partial charge in [0.2, 0.25) is 5.12 Å². The van der Waals surface area contributed by atoms with Crippen molar-refractivity contribution in [3.05, 3.63) is 71.8 Å². The number of thioether (sulfide) groups is 1. The molecule has 2 aromatic carbocycles. The Morgan fingerprint density at radius 1 is 0.960 bits per heavy atom. The van der Waals surface area contributed by atoms with Gasteiger partial charge >= 0.3 is 0 Å². The van der Waals surface area contributed by atoms with Gasteiger partial charge in [-0.2, -0.15) is 0 Å². The van der Waals surface area contributed by atoms with Gasteiger partial charge in [0.1, 0.15) is 0 Å². The molecule has 2 rings (SSSR count). The van der Waals surface area contributed by atoms with Crippen molar-refractivity contribution in [3.63, 3.8) is 0 Å². The Balaban J connectivity index is 0.00000312. The number of carbonyl (C=O) groups is 1. The van der Waals surface area contributed by atoms with E-state index in [1.54, 1.807) is 24.3 Å². The molecule has 0 aromatic heterocycles. The van der Waals surface area contributed by atoms with Gasteiger partial charge in [0.25, 0.3) is 0 Å². The monoisotopic (exact) mass is 379 g/mol. The highest BCUT2D eigenvalue weighted by Crippen LogP contribution is 2.34. The first kappa shape index (κ1) is 21.7. The van der Waals surface area contributed by atoms with E-state index in [0.29, 0.717) is 16.9 Å². The molecule has 5 heteroatoms. The summed E-state index contributed by atoms with van der Waals surface area (Å²) in [6, 6.07) is 18.3. The number of aliphatic hydroxyl groups is 1. The van der Waals surface area contributed by atoms with E-state index in [1.807, 2.05) is 36.4 Å². The molecule has 3 nitrogen and oxygen atoms in total. The third-order valence-electron chi connectivity index (χ3n) is 4.21. The van der Waals surface area contributed by atoms with Crippen LogP contribution < -0.4 is 0 Å². The predicted octanol–water partition coefficient (Wildman–Crippen LogP) is 3.95. The van der Waals surface area contributed by atoms with Gasteiger partial charge in [-0.3, -0.25) is 4.79 Å². The second-order valence-corrected chi connectivity index (χ2v) is 6.67. The van der Waals surface area contributed by atoms with Crippen molar-refractivity contribution in [2.45, 2.75) is 19.4 Å². The standard InChI is InChI=1S/C20H25NO2S.ClH/c1-3-21(4-2)15-16-24-19(22)20(23,17-11-7-5-8-12-17)18-13-9-6-10-14-18;/h5-14,23H,3-4,15-16H2,1-2H3;1H. The predicted molar refractivity (Wildman–Crippen MR) is 108 cm³/mol. The molecule has 0 aliphatic carbocycles. The first-order valence-corrected chi connectivity index (χ1v) is 9.34. The lowest BCUT2D eigenvalue weighted by atomic mass is 9.87. The van der Waals surface area contributed by atoms with E-state index < -0.39 is 5.60 Å². The van der Waals surface area contributed by atoms with Gasteiger partial charge in [-0.15, -0.1) is 12.4 Å². The summed E-state index contributed by atoms with van der Waals surface area (Å²) in [6.45, 7) is 6.99. The molecule has 0 radical (unpaired) electrons. The van der Waals surface area contributed by atoms with Gasteiger partial charge in [0.15, 0.2) is 5.60 Å². The summed E-state index contributed by atoms with van der Waals surface area (Å²) in [5, 5.41) is 11.1. The molecule has 0 fully saturated rings. The van der Waals surface area contributed by atoms with Crippen molar-refractivity contribution >= 4 is 29.3 Å². The van der Waals surface area contributed by atoms with Crippen LogP contribution in [0.15, 0.2) is 60.7 Å². The molecule has 0 saturated heterocycles. The molecular weight excluding hydrogens is 354 g/mol. The average Bonchev–Trinajstić information content (AvgIpc) is 2.65. The molecular formula is C20H26ClNO2S. The van der Waals surface area contributed by atoms with E-state index in [1.165, 1.54) is 11.8 Å². The zero-order valence-electron chi connectivity index (χ0n) is 14.7. The second-order valence-electron chi connectivity index (χ2n) is 5.61. The van der Waals surface area contributed by atoms with Crippen LogP contribution >= 0.6 is 24.2 Å². The van der Waals surface area contributed by atoms with Crippen LogP contribution in [0.25, 0.3) is 0 Å². The smallest absolute Gasteiger partial charge is 0.229 e. The van der Waals surface area contributed by atoms with E-state index in [9.17, 15) is 9.90 Å². The van der Waals surface area contributed by atoms with Crippen molar-refractivity contribution in [3.8, 4) is 0 Å². The Bertz CT molecular complexity index is 593. The van der Waals surface area contributed by atoms with Crippen molar-refractivity contribution in [2.24, 2.45) is 0 Å². The summed E-state index contributed by atoms with van der Waals surface area (Å²) in [7, 11) is 0. The van der Waals surface area contributed by atoms with E-state index in [4.69, 9.17) is 0 Å². The van der Waals surface area contributed by atoms with Crippen LogP contribution in [0.1, 0.15) is 25.0 Å². The minimum Gasteiger partial charge on any atom is -0.372 e. The fourth-order valence-electron chi connectivity index (χ4n) is 2.67. The summed E-state index contributed by atoms with van der Waals surface area (Å²) in [4.78, 5) is 15.2. The van der Waals surface area contributed by atoms with Crippen molar-refractivity contribution in [1.29, 1.82) is 0 Å². The van der Waals surface area contributed by atoms with Crippen LogP contribution in [0.4, 0.5) is 0 Å². The Kier molecular flexibility index (Phi) is 9.22. The molecule has 25 heavy (non-hydrogen) atoms. The first-order chi connectivity index (χ1) is 11.6. The number of benzene rings is 2. The third kappa shape index (κ3) is 5.32. The highest BCUT2D eigenvalue weighted by Gasteiger charge is 2.39. The van der Waals surface area contributed by atoms with Crippen LogP contribution in [0, 0.1) is 0 Å². The van der Waals surface area contributed by atoms with Gasteiger partial charge < -0.3 is 10.0 Å². The van der Waals surface area contributed by atoms with E-state index in [0.717, 1.165) is 19.6 Å². The third-order valence-corrected chi connectivity index (χ3v) is 5.16. The average molecular weight is 380 g/mol. The van der Waals surface area contributed by atoms with Crippen LogP contribution in [0.3, 0.4) is 0 Å². The number of carbonyl (C=O) groups excluding carboxylic acids is 1. The number of nitrogens with zero attached hydrogens (tertiary/aromatic N) is 1. The fourth-order valence-corrected chi connectivity index (χ4v) is 3.65. The van der Waals surface area contributed by atoms with Gasteiger partial charge in [0, 0.05) is 12.3 Å². The molecule has 0 spiro atoms. The van der Waals surface area contributed by atoms with Gasteiger partial charge in [-0.25, -0.2) is 0 Å². The highest BCUT2D eigenvalue weighted by molar-refractivity contribution is 8.13. The van der Waals surface area contributed by atoms with Crippen molar-refractivity contribution in [2.75, 3.05) is 25.4 Å². The van der Waals surface area contributed by atoms with E-state index >= 15 is 0 Å². The van der Waals surface area contributed by atoms with Crippen LogP contribution in [0.5, 0.6) is 0 Å².